The number of anilines is 1. The first-order valence-electron chi connectivity index (χ1n) is 5.91. The maximum atomic E-state index is 12.2. The van der Waals surface area contributed by atoms with Crippen molar-refractivity contribution in [3.05, 3.63) is 54.1 Å². The van der Waals surface area contributed by atoms with Crippen molar-refractivity contribution in [1.82, 2.24) is 0 Å². The summed E-state index contributed by atoms with van der Waals surface area (Å²) in [5, 5.41) is 5.00. The van der Waals surface area contributed by atoms with Gasteiger partial charge in [-0.05, 0) is 42.8 Å². The molecule has 6 nitrogen and oxygen atoms in total. The minimum Gasteiger partial charge on any atom is -0.280 e. The summed E-state index contributed by atoms with van der Waals surface area (Å²) in [5.74, 6) is 0. The first kappa shape index (κ1) is 15.5. The highest BCUT2D eigenvalue weighted by molar-refractivity contribution is 7.93. The number of hydrogen-bond acceptors (Lipinski definition) is 4. The van der Waals surface area contributed by atoms with Crippen LogP contribution in [0, 0.1) is 6.92 Å². The van der Waals surface area contributed by atoms with E-state index in [1.807, 2.05) is 13.0 Å². The lowest BCUT2D eigenvalue weighted by atomic mass is 10.2. The Hall–Kier alpha value is -1.90. The summed E-state index contributed by atoms with van der Waals surface area (Å²) in [6, 6.07) is 11.7. The number of benzene rings is 2. The molecule has 3 N–H and O–H groups in total. The summed E-state index contributed by atoms with van der Waals surface area (Å²) < 4.78 is 49.4. The smallest absolute Gasteiger partial charge is 0.261 e. The van der Waals surface area contributed by atoms with Crippen LogP contribution < -0.4 is 9.86 Å². The van der Waals surface area contributed by atoms with Crippen molar-refractivity contribution in [3.8, 4) is 0 Å². The number of rotatable bonds is 4. The highest BCUT2D eigenvalue weighted by atomic mass is 32.2. The Morgan fingerprint density at radius 1 is 0.905 bits per heavy atom. The van der Waals surface area contributed by atoms with Gasteiger partial charge in [-0.15, -0.1) is 0 Å². The summed E-state index contributed by atoms with van der Waals surface area (Å²) in [6.07, 6.45) is 0. The molecule has 2 aromatic carbocycles. The fourth-order valence-corrected chi connectivity index (χ4v) is 3.47. The molecule has 112 valence electrons. The second-order valence-electron chi connectivity index (χ2n) is 4.49. The number of nitrogens with two attached hydrogens (primary N) is 1. The molecule has 0 aliphatic carbocycles. The predicted molar refractivity (Wildman–Crippen MR) is 79.8 cm³/mol. The molecule has 8 heteroatoms. The van der Waals surface area contributed by atoms with Crippen molar-refractivity contribution in [2.45, 2.75) is 16.7 Å². The van der Waals surface area contributed by atoms with Crippen LogP contribution in [-0.4, -0.2) is 16.8 Å². The van der Waals surface area contributed by atoms with Crippen molar-refractivity contribution < 1.29 is 16.8 Å². The molecule has 0 aliphatic heterocycles. The molecule has 2 aromatic rings. The molecule has 0 saturated heterocycles. The van der Waals surface area contributed by atoms with Crippen LogP contribution in [0.4, 0.5) is 5.69 Å². The van der Waals surface area contributed by atoms with E-state index in [4.69, 9.17) is 5.14 Å². The quantitative estimate of drug-likeness (QED) is 0.886. The third-order valence-corrected chi connectivity index (χ3v) is 5.00. The number of sulfonamides is 2. The van der Waals surface area contributed by atoms with E-state index >= 15 is 0 Å². The molecule has 0 bridgehead atoms. The molecule has 0 aliphatic rings. The first-order valence-corrected chi connectivity index (χ1v) is 8.94. The van der Waals surface area contributed by atoms with Crippen molar-refractivity contribution >= 4 is 25.7 Å². The van der Waals surface area contributed by atoms with Gasteiger partial charge < -0.3 is 0 Å². The van der Waals surface area contributed by atoms with Crippen molar-refractivity contribution in [1.29, 1.82) is 0 Å². The SMILES string of the molecule is Cc1cccc(NS(=O)(=O)c2cccc(S(N)(=O)=O)c2)c1. The molecule has 0 atom stereocenters. The Labute approximate surface area is 123 Å². The van der Waals surface area contributed by atoms with Gasteiger partial charge >= 0.3 is 0 Å². The Morgan fingerprint density at radius 2 is 1.52 bits per heavy atom. The van der Waals surface area contributed by atoms with Crippen molar-refractivity contribution in [2.75, 3.05) is 4.72 Å². The monoisotopic (exact) mass is 326 g/mol. The number of aryl methyl sites for hydroxylation is 1. The summed E-state index contributed by atoms with van der Waals surface area (Å²) in [6.45, 7) is 1.83. The van der Waals surface area contributed by atoms with E-state index in [1.165, 1.54) is 18.2 Å². The van der Waals surface area contributed by atoms with Crippen LogP contribution in [0.3, 0.4) is 0 Å². The van der Waals surface area contributed by atoms with Crippen LogP contribution in [0.1, 0.15) is 5.56 Å². The fourth-order valence-electron chi connectivity index (χ4n) is 1.74. The second kappa shape index (κ2) is 5.47. The van der Waals surface area contributed by atoms with Crippen LogP contribution in [0.2, 0.25) is 0 Å². The molecule has 0 unspecified atom stereocenters. The minimum atomic E-state index is -3.96. The van der Waals surface area contributed by atoms with E-state index in [9.17, 15) is 16.8 Å². The van der Waals surface area contributed by atoms with Gasteiger partial charge in [0.1, 0.15) is 0 Å². The molecular weight excluding hydrogens is 312 g/mol. The molecule has 0 spiro atoms. The van der Waals surface area contributed by atoms with Crippen LogP contribution in [0.25, 0.3) is 0 Å². The molecule has 0 fully saturated rings. The second-order valence-corrected chi connectivity index (χ2v) is 7.74. The number of primary sulfonamides is 1. The maximum Gasteiger partial charge on any atom is 0.261 e. The van der Waals surface area contributed by atoms with Gasteiger partial charge in [0.15, 0.2) is 0 Å². The van der Waals surface area contributed by atoms with Gasteiger partial charge in [-0.2, -0.15) is 0 Å². The van der Waals surface area contributed by atoms with E-state index in [0.717, 1.165) is 11.6 Å². The molecule has 0 aromatic heterocycles. The van der Waals surface area contributed by atoms with E-state index < -0.39 is 20.0 Å². The Kier molecular flexibility index (Phi) is 4.04. The van der Waals surface area contributed by atoms with Gasteiger partial charge in [-0.3, -0.25) is 4.72 Å². The average Bonchev–Trinajstić information content (AvgIpc) is 2.37. The lowest BCUT2D eigenvalue weighted by Crippen LogP contribution is -2.16. The number of hydrogen-bond donors (Lipinski definition) is 2. The molecular formula is C13H14N2O4S2. The number of nitrogens with one attached hydrogen (secondary N) is 1. The molecule has 0 saturated carbocycles. The zero-order valence-corrected chi connectivity index (χ0v) is 12.8. The summed E-state index contributed by atoms with van der Waals surface area (Å²) >= 11 is 0. The zero-order valence-electron chi connectivity index (χ0n) is 11.1. The van der Waals surface area contributed by atoms with Gasteiger partial charge in [-0.25, -0.2) is 22.0 Å². The van der Waals surface area contributed by atoms with Crippen molar-refractivity contribution in [3.63, 3.8) is 0 Å². The molecule has 0 radical (unpaired) electrons. The zero-order chi connectivity index (χ0) is 15.7. The van der Waals surface area contributed by atoms with Crippen molar-refractivity contribution in [2.24, 2.45) is 5.14 Å². The Bertz CT molecular complexity index is 875. The van der Waals surface area contributed by atoms with Gasteiger partial charge in [0.25, 0.3) is 10.0 Å². The minimum absolute atomic E-state index is 0.171. The normalized spacial score (nSPS) is 12.1. The highest BCUT2D eigenvalue weighted by Gasteiger charge is 2.17. The van der Waals surface area contributed by atoms with Gasteiger partial charge in [-0.1, -0.05) is 18.2 Å². The third kappa shape index (κ3) is 3.81. The predicted octanol–water partition coefficient (Wildman–Crippen LogP) is 1.44. The van der Waals surface area contributed by atoms with Crippen LogP contribution >= 0.6 is 0 Å². The van der Waals surface area contributed by atoms with E-state index in [1.54, 1.807) is 18.2 Å². The average molecular weight is 326 g/mol. The van der Waals surface area contributed by atoms with Crippen LogP contribution in [-0.2, 0) is 20.0 Å². The van der Waals surface area contributed by atoms with E-state index in [-0.39, 0.29) is 9.79 Å². The summed E-state index contributed by atoms with van der Waals surface area (Å²) in [4.78, 5) is -0.426. The summed E-state index contributed by atoms with van der Waals surface area (Å²) in [7, 11) is -7.84. The van der Waals surface area contributed by atoms with E-state index in [0.29, 0.717) is 5.69 Å². The van der Waals surface area contributed by atoms with Crippen LogP contribution in [0.15, 0.2) is 58.3 Å². The standard InChI is InChI=1S/C13H14N2O4S2/c1-10-4-2-5-11(8-10)15-21(18,19)13-7-3-6-12(9-13)20(14,16)17/h2-9,15H,1H3,(H2,14,16,17). The lowest BCUT2D eigenvalue weighted by molar-refractivity contribution is 0.597. The maximum absolute atomic E-state index is 12.2. The topological polar surface area (TPSA) is 106 Å². The lowest BCUT2D eigenvalue weighted by Gasteiger charge is -2.09. The first-order chi connectivity index (χ1) is 9.68. The molecule has 0 amide bonds. The highest BCUT2D eigenvalue weighted by Crippen LogP contribution is 2.19. The molecule has 21 heavy (non-hydrogen) atoms. The molecule has 2 rings (SSSR count). The van der Waals surface area contributed by atoms with Crippen LogP contribution in [0.5, 0.6) is 0 Å². The van der Waals surface area contributed by atoms with Gasteiger partial charge in [0.2, 0.25) is 10.0 Å². The van der Waals surface area contributed by atoms with Gasteiger partial charge in [0.05, 0.1) is 9.79 Å². The van der Waals surface area contributed by atoms with Gasteiger partial charge in [0, 0.05) is 5.69 Å². The molecule has 0 heterocycles. The third-order valence-electron chi connectivity index (χ3n) is 2.71. The summed E-state index contributed by atoms with van der Waals surface area (Å²) in [5.41, 5.74) is 1.30. The largest absolute Gasteiger partial charge is 0.280 e. The van der Waals surface area contributed by atoms with E-state index in [2.05, 4.69) is 4.72 Å². The Balaban J connectivity index is 2.41. The fraction of sp³-hybridized carbons (Fsp3) is 0.0769. The Morgan fingerprint density at radius 3 is 2.14 bits per heavy atom.